The van der Waals surface area contributed by atoms with Gasteiger partial charge in [-0.1, -0.05) is 36.4 Å². The number of benzene rings is 2. The zero-order valence-electron chi connectivity index (χ0n) is 18.1. The van der Waals surface area contributed by atoms with Crippen LogP contribution in [0.5, 0.6) is 0 Å². The van der Waals surface area contributed by atoms with Gasteiger partial charge in [-0.3, -0.25) is 24.0 Å². The summed E-state index contributed by atoms with van der Waals surface area (Å²) in [6.07, 6.45) is 1.37. The number of non-ortho nitro benzene ring substituents is 1. The Kier molecular flexibility index (Phi) is 8.30. The summed E-state index contributed by atoms with van der Waals surface area (Å²) in [4.78, 5) is 37.2. The average Bonchev–Trinajstić information content (AvgIpc) is 2.76. The maximum absolute atomic E-state index is 13.2. The number of amides is 2. The molecule has 0 fully saturated rings. The predicted octanol–water partition coefficient (Wildman–Crippen LogP) is 1.57. The van der Waals surface area contributed by atoms with Gasteiger partial charge in [-0.05, 0) is 25.0 Å². The molecule has 32 heavy (non-hydrogen) atoms. The van der Waals surface area contributed by atoms with Gasteiger partial charge in [0.15, 0.2) is 0 Å². The minimum absolute atomic E-state index is 0.00865. The molecule has 0 spiro atoms. The second-order valence-electron chi connectivity index (χ2n) is 7.16. The summed E-state index contributed by atoms with van der Waals surface area (Å²) < 4.78 is 25.6. The smallest absolute Gasteiger partial charge is 0.271 e. The standard InChI is InChI=1S/C21H26N4O6S/c1-16(21(27)22-2)23(13-12-17-8-5-4-6-9-17)20(26)15-24(32(3,30)31)18-10-7-11-19(14-18)25(28)29/h4-11,14,16H,12-13,15H2,1-3H3,(H,22,27)/t16-/m0/s1. The molecule has 0 aromatic heterocycles. The summed E-state index contributed by atoms with van der Waals surface area (Å²) in [7, 11) is -2.50. The molecule has 11 heteroatoms. The Bertz CT molecular complexity index is 1070. The van der Waals surface area contributed by atoms with Crippen LogP contribution in [-0.4, -0.2) is 62.5 Å². The van der Waals surface area contributed by atoms with Crippen molar-refractivity contribution in [1.29, 1.82) is 0 Å². The van der Waals surface area contributed by atoms with E-state index in [1.165, 1.54) is 30.1 Å². The second-order valence-corrected chi connectivity index (χ2v) is 9.07. The molecule has 2 aromatic rings. The molecule has 0 heterocycles. The van der Waals surface area contributed by atoms with Gasteiger partial charge in [-0.25, -0.2) is 8.42 Å². The van der Waals surface area contributed by atoms with E-state index in [1.807, 2.05) is 30.3 Å². The molecule has 0 bridgehead atoms. The van der Waals surface area contributed by atoms with E-state index in [1.54, 1.807) is 6.92 Å². The topological polar surface area (TPSA) is 130 Å². The van der Waals surface area contributed by atoms with E-state index >= 15 is 0 Å². The van der Waals surface area contributed by atoms with Crippen molar-refractivity contribution in [2.45, 2.75) is 19.4 Å². The zero-order valence-corrected chi connectivity index (χ0v) is 18.9. The van der Waals surface area contributed by atoms with Crippen molar-refractivity contribution in [1.82, 2.24) is 10.2 Å². The molecular formula is C21H26N4O6S. The fourth-order valence-electron chi connectivity index (χ4n) is 3.15. The number of hydrogen-bond donors (Lipinski definition) is 1. The van der Waals surface area contributed by atoms with Crippen LogP contribution in [0.25, 0.3) is 0 Å². The van der Waals surface area contributed by atoms with Crippen LogP contribution in [0.2, 0.25) is 0 Å². The Labute approximate surface area is 187 Å². The summed E-state index contributed by atoms with van der Waals surface area (Å²) in [6.45, 7) is 1.14. The summed E-state index contributed by atoms with van der Waals surface area (Å²) in [6, 6.07) is 13.5. The van der Waals surface area contributed by atoms with Crippen LogP contribution in [0.4, 0.5) is 11.4 Å². The minimum Gasteiger partial charge on any atom is -0.357 e. The fraction of sp³-hybridized carbons (Fsp3) is 0.333. The number of nitrogens with one attached hydrogen (secondary N) is 1. The van der Waals surface area contributed by atoms with Gasteiger partial charge in [0.2, 0.25) is 21.8 Å². The maximum Gasteiger partial charge on any atom is 0.271 e. The van der Waals surface area contributed by atoms with Crippen LogP contribution < -0.4 is 9.62 Å². The second kappa shape index (κ2) is 10.7. The van der Waals surface area contributed by atoms with Gasteiger partial charge in [-0.2, -0.15) is 0 Å². The van der Waals surface area contributed by atoms with E-state index in [-0.39, 0.29) is 17.9 Å². The third-order valence-electron chi connectivity index (χ3n) is 4.91. The molecule has 2 aromatic carbocycles. The Morgan fingerprint density at radius 3 is 2.34 bits per heavy atom. The van der Waals surface area contributed by atoms with Gasteiger partial charge < -0.3 is 10.2 Å². The Balaban J connectivity index is 2.33. The highest BCUT2D eigenvalue weighted by atomic mass is 32.2. The Morgan fingerprint density at radius 2 is 1.78 bits per heavy atom. The summed E-state index contributed by atoms with van der Waals surface area (Å²) in [5.41, 5.74) is 0.641. The van der Waals surface area contributed by atoms with Crippen molar-refractivity contribution in [2.24, 2.45) is 0 Å². The molecule has 0 aliphatic carbocycles. The van der Waals surface area contributed by atoms with E-state index in [0.29, 0.717) is 6.42 Å². The normalized spacial score (nSPS) is 12.0. The zero-order chi connectivity index (χ0) is 23.9. The van der Waals surface area contributed by atoms with Gasteiger partial charge >= 0.3 is 0 Å². The molecule has 1 atom stereocenters. The number of hydrogen-bond acceptors (Lipinski definition) is 6. The highest BCUT2D eigenvalue weighted by Crippen LogP contribution is 2.23. The molecule has 0 radical (unpaired) electrons. The molecule has 172 valence electrons. The molecule has 0 aliphatic rings. The fourth-order valence-corrected chi connectivity index (χ4v) is 4.00. The highest BCUT2D eigenvalue weighted by molar-refractivity contribution is 7.92. The molecule has 10 nitrogen and oxygen atoms in total. The Hall–Kier alpha value is -3.47. The molecule has 1 N–H and O–H groups in total. The number of likely N-dealkylation sites (N-methyl/N-ethyl adjacent to an activating group) is 1. The lowest BCUT2D eigenvalue weighted by Gasteiger charge is -2.31. The lowest BCUT2D eigenvalue weighted by molar-refractivity contribution is -0.384. The molecule has 0 aliphatic heterocycles. The third-order valence-corrected chi connectivity index (χ3v) is 6.05. The summed E-state index contributed by atoms with van der Waals surface area (Å²) >= 11 is 0. The molecule has 0 saturated carbocycles. The minimum atomic E-state index is -3.94. The van der Waals surface area contributed by atoms with Crippen molar-refractivity contribution < 1.29 is 22.9 Å². The monoisotopic (exact) mass is 462 g/mol. The summed E-state index contributed by atoms with van der Waals surface area (Å²) in [5.74, 6) is -0.998. The number of anilines is 1. The average molecular weight is 463 g/mol. The predicted molar refractivity (Wildman–Crippen MR) is 121 cm³/mol. The number of nitro benzene ring substituents is 1. The van der Waals surface area contributed by atoms with Gasteiger partial charge in [0, 0.05) is 25.7 Å². The van der Waals surface area contributed by atoms with E-state index in [2.05, 4.69) is 5.32 Å². The van der Waals surface area contributed by atoms with E-state index in [9.17, 15) is 28.1 Å². The van der Waals surface area contributed by atoms with Crippen LogP contribution in [-0.2, 0) is 26.0 Å². The van der Waals surface area contributed by atoms with Crippen LogP contribution in [0.1, 0.15) is 12.5 Å². The molecule has 0 saturated heterocycles. The quantitative estimate of drug-likeness (QED) is 0.421. The Morgan fingerprint density at radius 1 is 1.12 bits per heavy atom. The van der Waals surface area contributed by atoms with Crippen molar-refractivity contribution in [2.75, 3.05) is 30.7 Å². The van der Waals surface area contributed by atoms with Gasteiger partial charge in [0.05, 0.1) is 16.9 Å². The van der Waals surface area contributed by atoms with Gasteiger partial charge in [0.1, 0.15) is 12.6 Å². The van der Waals surface area contributed by atoms with Crippen LogP contribution in [0, 0.1) is 10.1 Å². The lowest BCUT2D eigenvalue weighted by Crippen LogP contribution is -2.51. The van der Waals surface area contributed by atoms with Crippen molar-refractivity contribution in [3.8, 4) is 0 Å². The largest absolute Gasteiger partial charge is 0.357 e. The lowest BCUT2D eigenvalue weighted by atomic mass is 10.1. The van der Waals surface area contributed by atoms with Crippen LogP contribution in [0.15, 0.2) is 54.6 Å². The number of rotatable bonds is 10. The van der Waals surface area contributed by atoms with Crippen molar-refractivity contribution in [3.63, 3.8) is 0 Å². The van der Waals surface area contributed by atoms with Gasteiger partial charge in [-0.15, -0.1) is 0 Å². The number of sulfonamides is 1. The number of nitro groups is 1. The number of carbonyl (C=O) groups excluding carboxylic acids is 2. The summed E-state index contributed by atoms with van der Waals surface area (Å²) in [5, 5.41) is 13.6. The van der Waals surface area contributed by atoms with E-state index < -0.39 is 39.3 Å². The van der Waals surface area contributed by atoms with Crippen molar-refractivity contribution >= 4 is 33.2 Å². The first-order valence-electron chi connectivity index (χ1n) is 9.81. The first-order valence-corrected chi connectivity index (χ1v) is 11.7. The van der Waals surface area contributed by atoms with Crippen LogP contribution in [0.3, 0.4) is 0 Å². The van der Waals surface area contributed by atoms with Gasteiger partial charge in [0.25, 0.3) is 5.69 Å². The molecule has 0 unspecified atom stereocenters. The maximum atomic E-state index is 13.2. The van der Waals surface area contributed by atoms with E-state index in [4.69, 9.17) is 0 Å². The van der Waals surface area contributed by atoms with E-state index in [0.717, 1.165) is 22.2 Å². The molecular weight excluding hydrogens is 436 g/mol. The first kappa shape index (κ1) is 24.8. The molecule has 2 amide bonds. The van der Waals surface area contributed by atoms with Crippen LogP contribution >= 0.6 is 0 Å². The number of nitrogens with zero attached hydrogens (tertiary/aromatic N) is 3. The third kappa shape index (κ3) is 6.51. The molecule has 2 rings (SSSR count). The number of carbonyl (C=O) groups is 2. The SMILES string of the molecule is CNC(=O)[C@H](C)N(CCc1ccccc1)C(=O)CN(c1cccc([N+](=O)[O-])c1)S(C)(=O)=O. The highest BCUT2D eigenvalue weighted by Gasteiger charge is 2.29. The first-order chi connectivity index (χ1) is 15.0. The van der Waals surface area contributed by atoms with Crippen molar-refractivity contribution in [3.05, 3.63) is 70.3 Å².